The number of aryl methyl sites for hydroxylation is 1. The van der Waals surface area contributed by atoms with Gasteiger partial charge in [0.1, 0.15) is 5.75 Å². The Morgan fingerprint density at radius 2 is 1.84 bits per heavy atom. The largest absolute Gasteiger partial charge is 0.508 e. The van der Waals surface area contributed by atoms with Crippen molar-refractivity contribution in [3.05, 3.63) is 30.0 Å². The Morgan fingerprint density at radius 3 is 2.58 bits per heavy atom. The molecule has 1 aromatic carbocycles. The van der Waals surface area contributed by atoms with Crippen molar-refractivity contribution in [3.8, 4) is 5.75 Å². The van der Waals surface area contributed by atoms with Crippen molar-refractivity contribution in [3.63, 3.8) is 0 Å². The molecule has 2 aromatic rings. The fraction of sp³-hybridized carbons (Fsp3) is 0.500. The molecular formula is C16H22N2O. The van der Waals surface area contributed by atoms with Crippen molar-refractivity contribution in [2.75, 3.05) is 13.1 Å². The van der Waals surface area contributed by atoms with Gasteiger partial charge in [0, 0.05) is 31.2 Å². The highest BCUT2D eigenvalue weighted by molar-refractivity contribution is 5.85. The molecule has 0 radical (unpaired) electrons. The summed E-state index contributed by atoms with van der Waals surface area (Å²) in [5.74, 6) is 0.343. The first-order valence-electron chi connectivity index (χ1n) is 7.23. The van der Waals surface area contributed by atoms with E-state index in [9.17, 15) is 5.11 Å². The van der Waals surface area contributed by atoms with Gasteiger partial charge in [0.25, 0.3) is 0 Å². The number of hydrogen-bond donors (Lipinski definition) is 1. The van der Waals surface area contributed by atoms with Gasteiger partial charge in [-0.2, -0.15) is 0 Å². The quantitative estimate of drug-likeness (QED) is 0.895. The first kappa shape index (κ1) is 12.5. The van der Waals surface area contributed by atoms with Gasteiger partial charge in [0.15, 0.2) is 0 Å². The summed E-state index contributed by atoms with van der Waals surface area (Å²) < 4.78 is 2.11. The average Bonchev–Trinajstić information content (AvgIpc) is 2.58. The molecule has 1 aliphatic heterocycles. The Bertz CT molecular complexity index is 565. The summed E-state index contributed by atoms with van der Waals surface area (Å²) >= 11 is 0. The molecule has 1 aliphatic rings. The summed E-state index contributed by atoms with van der Waals surface area (Å²) in [6.45, 7) is 3.46. The zero-order valence-electron chi connectivity index (χ0n) is 11.6. The second kappa shape index (κ2) is 5.25. The molecule has 102 valence electrons. The third-order valence-electron chi connectivity index (χ3n) is 4.15. The monoisotopic (exact) mass is 258 g/mol. The van der Waals surface area contributed by atoms with Crippen LogP contribution in [0, 0.1) is 0 Å². The summed E-state index contributed by atoms with van der Waals surface area (Å²) in [5.41, 5.74) is 2.49. The molecule has 1 N–H and O–H groups in total. The zero-order chi connectivity index (χ0) is 13.2. The van der Waals surface area contributed by atoms with Crippen LogP contribution in [0.1, 0.15) is 31.2 Å². The van der Waals surface area contributed by atoms with E-state index in [0.29, 0.717) is 5.75 Å². The van der Waals surface area contributed by atoms with Gasteiger partial charge in [-0.25, -0.2) is 0 Å². The van der Waals surface area contributed by atoms with Gasteiger partial charge in [-0.15, -0.1) is 0 Å². The SMILES string of the molecule is Cn1cc(CN2CCCCCC2)c2ccc(O)cc21. The lowest BCUT2D eigenvalue weighted by Gasteiger charge is -2.19. The maximum Gasteiger partial charge on any atom is 0.117 e. The molecular weight excluding hydrogens is 236 g/mol. The van der Waals surface area contributed by atoms with Gasteiger partial charge < -0.3 is 9.67 Å². The number of phenolic OH excluding ortho intramolecular Hbond substituents is 1. The third-order valence-corrected chi connectivity index (χ3v) is 4.15. The van der Waals surface area contributed by atoms with Gasteiger partial charge >= 0.3 is 0 Å². The van der Waals surface area contributed by atoms with E-state index >= 15 is 0 Å². The predicted molar refractivity (Wildman–Crippen MR) is 78.3 cm³/mol. The normalized spacial score (nSPS) is 17.7. The lowest BCUT2D eigenvalue weighted by Crippen LogP contribution is -2.23. The molecule has 0 spiro atoms. The van der Waals surface area contributed by atoms with Crippen LogP contribution in [-0.4, -0.2) is 27.7 Å². The Hall–Kier alpha value is -1.48. The fourth-order valence-electron chi connectivity index (χ4n) is 3.12. The van der Waals surface area contributed by atoms with Crippen LogP contribution in [0.2, 0.25) is 0 Å². The highest BCUT2D eigenvalue weighted by atomic mass is 16.3. The lowest BCUT2D eigenvalue weighted by molar-refractivity contribution is 0.278. The van der Waals surface area contributed by atoms with Crippen molar-refractivity contribution >= 4 is 10.9 Å². The van der Waals surface area contributed by atoms with Gasteiger partial charge in [0.05, 0.1) is 5.52 Å². The topological polar surface area (TPSA) is 28.4 Å². The van der Waals surface area contributed by atoms with Crippen LogP contribution in [0.4, 0.5) is 0 Å². The Kier molecular flexibility index (Phi) is 3.47. The molecule has 0 amide bonds. The van der Waals surface area contributed by atoms with Crippen LogP contribution in [0.25, 0.3) is 10.9 Å². The van der Waals surface area contributed by atoms with Gasteiger partial charge in [-0.1, -0.05) is 12.8 Å². The van der Waals surface area contributed by atoms with Crippen molar-refractivity contribution in [1.29, 1.82) is 0 Å². The lowest BCUT2D eigenvalue weighted by atomic mass is 10.1. The molecule has 0 unspecified atom stereocenters. The molecule has 3 rings (SSSR count). The van der Waals surface area contributed by atoms with Crippen molar-refractivity contribution in [1.82, 2.24) is 9.47 Å². The van der Waals surface area contributed by atoms with E-state index in [1.165, 1.54) is 49.7 Å². The Morgan fingerprint density at radius 1 is 1.11 bits per heavy atom. The molecule has 1 fully saturated rings. The summed E-state index contributed by atoms with van der Waals surface area (Å²) in [6.07, 6.45) is 7.60. The smallest absolute Gasteiger partial charge is 0.117 e. The summed E-state index contributed by atoms with van der Waals surface area (Å²) in [6, 6.07) is 5.67. The predicted octanol–water partition coefficient (Wildman–Crippen LogP) is 3.26. The zero-order valence-corrected chi connectivity index (χ0v) is 11.6. The van der Waals surface area contributed by atoms with Crippen LogP contribution in [-0.2, 0) is 13.6 Å². The van der Waals surface area contributed by atoms with Gasteiger partial charge in [-0.3, -0.25) is 4.90 Å². The highest BCUT2D eigenvalue weighted by Gasteiger charge is 2.13. The Balaban J connectivity index is 1.88. The van der Waals surface area contributed by atoms with Crippen molar-refractivity contribution in [2.45, 2.75) is 32.2 Å². The second-order valence-corrected chi connectivity index (χ2v) is 5.66. The number of hydrogen-bond acceptors (Lipinski definition) is 2. The third kappa shape index (κ3) is 2.61. The van der Waals surface area contributed by atoms with Crippen LogP contribution >= 0.6 is 0 Å². The number of aromatic nitrogens is 1. The molecule has 0 bridgehead atoms. The molecule has 19 heavy (non-hydrogen) atoms. The van der Waals surface area contributed by atoms with Crippen LogP contribution in [0.5, 0.6) is 5.75 Å². The maximum atomic E-state index is 9.60. The summed E-state index contributed by atoms with van der Waals surface area (Å²) in [4.78, 5) is 2.56. The van der Waals surface area contributed by atoms with Gasteiger partial charge in [0.2, 0.25) is 0 Å². The molecule has 0 saturated carbocycles. The average molecular weight is 258 g/mol. The molecule has 2 heterocycles. The minimum Gasteiger partial charge on any atom is -0.508 e. The minimum absolute atomic E-state index is 0.343. The van der Waals surface area contributed by atoms with Crippen LogP contribution in [0.15, 0.2) is 24.4 Å². The Labute approximate surface area is 114 Å². The van der Waals surface area contributed by atoms with Crippen molar-refractivity contribution < 1.29 is 5.11 Å². The fourth-order valence-corrected chi connectivity index (χ4v) is 3.12. The van der Waals surface area contributed by atoms with E-state index < -0.39 is 0 Å². The van der Waals surface area contributed by atoms with E-state index in [-0.39, 0.29) is 0 Å². The molecule has 1 aromatic heterocycles. The first-order valence-corrected chi connectivity index (χ1v) is 7.23. The number of nitrogens with zero attached hydrogens (tertiary/aromatic N) is 2. The molecule has 3 nitrogen and oxygen atoms in total. The number of likely N-dealkylation sites (tertiary alicyclic amines) is 1. The molecule has 0 aliphatic carbocycles. The molecule has 3 heteroatoms. The number of phenols is 1. The van der Waals surface area contributed by atoms with E-state index in [2.05, 4.69) is 15.7 Å². The summed E-state index contributed by atoms with van der Waals surface area (Å²) in [7, 11) is 2.05. The van der Waals surface area contributed by atoms with Crippen LogP contribution in [0.3, 0.4) is 0 Å². The minimum atomic E-state index is 0.343. The second-order valence-electron chi connectivity index (χ2n) is 5.66. The van der Waals surface area contributed by atoms with E-state index in [1.807, 2.05) is 19.2 Å². The standard InChI is InChI=1S/C16H22N2O/c1-17-11-13(12-18-8-4-2-3-5-9-18)15-7-6-14(19)10-16(15)17/h6-7,10-11,19H,2-5,8-9,12H2,1H3. The number of benzene rings is 1. The summed E-state index contributed by atoms with van der Waals surface area (Å²) in [5, 5.41) is 10.9. The first-order chi connectivity index (χ1) is 9.24. The number of rotatable bonds is 2. The maximum absolute atomic E-state index is 9.60. The van der Waals surface area contributed by atoms with E-state index in [0.717, 1.165) is 12.1 Å². The molecule has 1 saturated heterocycles. The number of aromatic hydroxyl groups is 1. The van der Waals surface area contributed by atoms with Crippen molar-refractivity contribution in [2.24, 2.45) is 7.05 Å². The number of fused-ring (bicyclic) bond motifs is 1. The van der Waals surface area contributed by atoms with Crippen LogP contribution < -0.4 is 0 Å². The molecule has 0 atom stereocenters. The van der Waals surface area contributed by atoms with E-state index in [4.69, 9.17) is 0 Å². The van der Waals surface area contributed by atoms with E-state index in [1.54, 1.807) is 6.07 Å². The highest BCUT2D eigenvalue weighted by Crippen LogP contribution is 2.26. The van der Waals surface area contributed by atoms with Gasteiger partial charge in [-0.05, 0) is 43.6 Å².